The summed E-state index contributed by atoms with van der Waals surface area (Å²) in [6.45, 7) is 5.07. The Kier molecular flexibility index (Phi) is 4.11. The van der Waals surface area contributed by atoms with Crippen LogP contribution in [0.3, 0.4) is 0 Å². The summed E-state index contributed by atoms with van der Waals surface area (Å²) >= 11 is 0. The molecule has 0 fully saturated rings. The van der Waals surface area contributed by atoms with Crippen molar-refractivity contribution in [1.29, 1.82) is 0 Å². The van der Waals surface area contributed by atoms with Crippen molar-refractivity contribution in [1.82, 2.24) is 0 Å². The molecule has 122 valence electrons. The van der Waals surface area contributed by atoms with Gasteiger partial charge in [0.05, 0.1) is 0 Å². The van der Waals surface area contributed by atoms with Crippen molar-refractivity contribution in [2.24, 2.45) is 5.92 Å². The predicted octanol–water partition coefficient (Wildman–Crippen LogP) is 4.96. The van der Waals surface area contributed by atoms with Crippen molar-refractivity contribution >= 4 is 29.1 Å². The summed E-state index contributed by atoms with van der Waals surface area (Å²) in [5.74, 6) is 7.13. The summed E-state index contributed by atoms with van der Waals surface area (Å²) in [6, 6.07) is 23.5. The van der Waals surface area contributed by atoms with Crippen LogP contribution in [-0.4, -0.2) is 6.98 Å². The smallest absolute Gasteiger partial charge is 0.398 e. The second-order valence-electron chi connectivity index (χ2n) is 6.78. The Bertz CT molecular complexity index is 949. The van der Waals surface area contributed by atoms with Crippen molar-refractivity contribution in [3.63, 3.8) is 0 Å². The number of rotatable bonds is 2. The molecule has 0 amide bonds. The van der Waals surface area contributed by atoms with Gasteiger partial charge in [-0.25, -0.2) is 0 Å². The third-order valence-electron chi connectivity index (χ3n) is 4.50. The zero-order valence-electron chi connectivity index (χ0n) is 14.7. The minimum Gasteiger partial charge on any atom is -0.398 e. The third-order valence-corrected chi connectivity index (χ3v) is 4.50. The molecule has 1 heterocycles. The van der Waals surface area contributed by atoms with E-state index in [1.54, 1.807) is 0 Å². The highest BCUT2D eigenvalue weighted by molar-refractivity contribution is 6.75. The summed E-state index contributed by atoms with van der Waals surface area (Å²) < 4.78 is 0. The fourth-order valence-corrected chi connectivity index (χ4v) is 3.36. The molecule has 3 aromatic carbocycles. The van der Waals surface area contributed by atoms with Crippen LogP contribution in [0.4, 0.5) is 11.4 Å². The molecule has 0 bridgehead atoms. The van der Waals surface area contributed by atoms with E-state index in [0.717, 1.165) is 6.54 Å². The minimum absolute atomic E-state index is 0.0249. The molecular weight excluding hydrogens is 303 g/mol. The summed E-state index contributed by atoms with van der Waals surface area (Å²) in [5, 5.41) is 6.18. The van der Waals surface area contributed by atoms with Crippen molar-refractivity contribution in [3.05, 3.63) is 72.3 Å². The average Bonchev–Trinajstić information content (AvgIpc) is 2.63. The van der Waals surface area contributed by atoms with E-state index in [2.05, 4.69) is 102 Å². The van der Waals surface area contributed by atoms with Crippen molar-refractivity contribution in [2.45, 2.75) is 20.4 Å². The van der Waals surface area contributed by atoms with E-state index in [1.807, 2.05) is 0 Å². The topological polar surface area (TPSA) is 15.3 Å². The standard InChI is InChI=1S/C22H21BN2/c1-17(2)14-15-23-24-20-12-6-10-19-11-7-13-21(22(19)20)25(23)16-18-8-4-3-5-9-18/h3-13,17,24H,16H2,1-2H3. The van der Waals surface area contributed by atoms with E-state index in [1.165, 1.54) is 27.7 Å². The Morgan fingerprint density at radius 3 is 2.48 bits per heavy atom. The highest BCUT2D eigenvalue weighted by Crippen LogP contribution is 2.37. The van der Waals surface area contributed by atoms with E-state index >= 15 is 0 Å². The lowest BCUT2D eigenvalue weighted by atomic mass is 9.70. The summed E-state index contributed by atoms with van der Waals surface area (Å²) in [4.78, 5) is 2.38. The van der Waals surface area contributed by atoms with Crippen LogP contribution in [0.2, 0.25) is 0 Å². The molecule has 0 saturated carbocycles. The summed E-state index contributed by atoms with van der Waals surface area (Å²) in [6.07, 6.45) is 0. The van der Waals surface area contributed by atoms with Gasteiger partial charge in [-0.15, -0.1) is 5.92 Å². The first kappa shape index (κ1) is 15.7. The zero-order valence-corrected chi connectivity index (χ0v) is 14.7. The molecule has 0 unspecified atom stereocenters. The largest absolute Gasteiger partial charge is 0.463 e. The first-order chi connectivity index (χ1) is 12.2. The molecule has 0 aliphatic carbocycles. The molecule has 3 heteroatoms. The Hall–Kier alpha value is -2.86. The molecule has 1 aliphatic rings. The Morgan fingerprint density at radius 2 is 1.72 bits per heavy atom. The number of hydrogen-bond donors (Lipinski definition) is 1. The van der Waals surface area contributed by atoms with Gasteiger partial charge in [-0.2, -0.15) is 0 Å². The number of benzene rings is 3. The van der Waals surface area contributed by atoms with Crippen LogP contribution in [0, 0.1) is 17.7 Å². The van der Waals surface area contributed by atoms with Gasteiger partial charge in [0.15, 0.2) is 0 Å². The molecule has 0 atom stereocenters. The lowest BCUT2D eigenvalue weighted by Gasteiger charge is -2.35. The molecule has 1 N–H and O–H groups in total. The number of nitrogens with one attached hydrogen (secondary N) is 1. The van der Waals surface area contributed by atoms with Gasteiger partial charge < -0.3 is 10.0 Å². The van der Waals surface area contributed by atoms with E-state index in [0.29, 0.717) is 5.92 Å². The fourth-order valence-electron chi connectivity index (χ4n) is 3.36. The zero-order chi connectivity index (χ0) is 17.2. The van der Waals surface area contributed by atoms with Gasteiger partial charge in [0.25, 0.3) is 0 Å². The van der Waals surface area contributed by atoms with Crippen LogP contribution < -0.4 is 10.0 Å². The average molecular weight is 324 g/mol. The first-order valence-corrected chi connectivity index (χ1v) is 8.82. The lowest BCUT2D eigenvalue weighted by Crippen LogP contribution is -2.47. The van der Waals surface area contributed by atoms with E-state index in [9.17, 15) is 0 Å². The van der Waals surface area contributed by atoms with E-state index < -0.39 is 0 Å². The van der Waals surface area contributed by atoms with Crippen molar-refractivity contribution < 1.29 is 0 Å². The van der Waals surface area contributed by atoms with Crippen LogP contribution in [0.1, 0.15) is 19.4 Å². The van der Waals surface area contributed by atoms with Crippen LogP contribution >= 0.6 is 0 Å². The Labute approximate surface area is 150 Å². The molecule has 0 aromatic heterocycles. The fraction of sp³-hybridized carbons (Fsp3) is 0.182. The van der Waals surface area contributed by atoms with Gasteiger partial charge in [-0.1, -0.05) is 74.3 Å². The van der Waals surface area contributed by atoms with Crippen LogP contribution in [0.5, 0.6) is 0 Å². The predicted molar refractivity (Wildman–Crippen MR) is 109 cm³/mol. The maximum absolute atomic E-state index is 3.64. The maximum atomic E-state index is 3.64. The van der Waals surface area contributed by atoms with Gasteiger partial charge in [0.2, 0.25) is 0 Å². The highest BCUT2D eigenvalue weighted by Gasteiger charge is 2.30. The molecule has 4 rings (SSSR count). The van der Waals surface area contributed by atoms with Crippen LogP contribution in [-0.2, 0) is 6.54 Å². The van der Waals surface area contributed by atoms with Crippen LogP contribution in [0.25, 0.3) is 10.8 Å². The molecule has 1 aliphatic heterocycles. The van der Waals surface area contributed by atoms with Gasteiger partial charge in [-0.3, -0.25) is 0 Å². The number of anilines is 2. The summed E-state index contributed by atoms with van der Waals surface area (Å²) in [7, 11) is 0. The maximum Gasteiger partial charge on any atom is 0.463 e. The van der Waals surface area contributed by atoms with E-state index in [-0.39, 0.29) is 6.98 Å². The van der Waals surface area contributed by atoms with Gasteiger partial charge in [-0.05, 0) is 23.1 Å². The second kappa shape index (κ2) is 6.57. The highest BCUT2D eigenvalue weighted by atomic mass is 15.2. The van der Waals surface area contributed by atoms with Crippen molar-refractivity contribution in [3.8, 4) is 11.7 Å². The molecule has 0 spiro atoms. The molecule has 2 nitrogen and oxygen atoms in total. The summed E-state index contributed by atoms with van der Waals surface area (Å²) in [5.41, 5.74) is 3.70. The SMILES string of the molecule is CC(C)C#CB1Nc2cccc3cccc(c23)N1Cc1ccccc1. The second-order valence-corrected chi connectivity index (χ2v) is 6.78. The third kappa shape index (κ3) is 3.08. The van der Waals surface area contributed by atoms with Gasteiger partial charge >= 0.3 is 6.98 Å². The Morgan fingerprint density at radius 1 is 0.960 bits per heavy atom. The van der Waals surface area contributed by atoms with E-state index in [4.69, 9.17) is 0 Å². The first-order valence-electron chi connectivity index (χ1n) is 8.82. The number of hydrogen-bond acceptors (Lipinski definition) is 2. The Balaban J connectivity index is 1.83. The minimum atomic E-state index is -0.0249. The van der Waals surface area contributed by atoms with Gasteiger partial charge in [0, 0.05) is 29.2 Å². The molecule has 25 heavy (non-hydrogen) atoms. The lowest BCUT2D eigenvalue weighted by molar-refractivity contribution is 0.867. The molecule has 0 saturated heterocycles. The molecule has 0 radical (unpaired) electrons. The van der Waals surface area contributed by atoms with Crippen molar-refractivity contribution in [2.75, 3.05) is 10.0 Å². The molecule has 3 aromatic rings. The quantitative estimate of drug-likeness (QED) is 0.529. The van der Waals surface area contributed by atoms with Crippen LogP contribution in [0.15, 0.2) is 66.7 Å². The normalized spacial score (nSPS) is 12.8. The molecular formula is C22H21BN2. The monoisotopic (exact) mass is 324 g/mol. The number of nitrogens with zero attached hydrogens (tertiary/aromatic N) is 1. The van der Waals surface area contributed by atoms with Gasteiger partial charge in [0.1, 0.15) is 0 Å².